The van der Waals surface area contributed by atoms with E-state index in [1.54, 1.807) is 6.92 Å². The van der Waals surface area contributed by atoms with Crippen molar-refractivity contribution in [2.24, 2.45) is 0 Å². The van der Waals surface area contributed by atoms with Gasteiger partial charge < -0.3 is 9.47 Å². The summed E-state index contributed by atoms with van der Waals surface area (Å²) in [6.07, 6.45) is 0. The van der Waals surface area contributed by atoms with Crippen molar-refractivity contribution in [3.8, 4) is 5.75 Å². The van der Waals surface area contributed by atoms with Gasteiger partial charge in [-0.15, -0.1) is 0 Å². The molecule has 0 aliphatic rings. The van der Waals surface area contributed by atoms with Crippen LogP contribution in [-0.2, 0) is 9.53 Å². The van der Waals surface area contributed by atoms with Gasteiger partial charge in [0.15, 0.2) is 6.61 Å². The third kappa shape index (κ3) is 3.62. The molecule has 0 saturated carbocycles. The fourth-order valence-corrected chi connectivity index (χ4v) is 1.20. The molecule has 1 aromatic carbocycles. The largest absolute Gasteiger partial charge is 0.482 e. The Labute approximate surface area is 90.0 Å². The van der Waals surface area contributed by atoms with Crippen LogP contribution in [0, 0.1) is 13.8 Å². The lowest BCUT2D eigenvalue weighted by Gasteiger charge is -2.09. The molecule has 0 unspecified atom stereocenters. The number of carbonyl (C=O) groups excluding carboxylic acids is 1. The van der Waals surface area contributed by atoms with Gasteiger partial charge in [0, 0.05) is 0 Å². The van der Waals surface area contributed by atoms with Gasteiger partial charge in [-0.2, -0.15) is 0 Å². The van der Waals surface area contributed by atoms with E-state index in [0.717, 1.165) is 16.9 Å². The second-order valence-corrected chi connectivity index (χ2v) is 3.36. The Kier molecular flexibility index (Phi) is 4.16. The van der Waals surface area contributed by atoms with E-state index in [1.165, 1.54) is 0 Å². The first-order valence-corrected chi connectivity index (χ1v) is 4.99. The third-order valence-electron chi connectivity index (χ3n) is 1.99. The SMILES string of the molecule is CCOC(=O)COc1cc(C)ccc1C. The Morgan fingerprint density at radius 2 is 2.07 bits per heavy atom. The van der Waals surface area contributed by atoms with Crippen LogP contribution >= 0.6 is 0 Å². The Bertz CT molecular complexity index is 345. The van der Waals surface area contributed by atoms with E-state index < -0.39 is 0 Å². The highest BCUT2D eigenvalue weighted by atomic mass is 16.6. The van der Waals surface area contributed by atoms with Crippen molar-refractivity contribution in [1.82, 2.24) is 0 Å². The highest BCUT2D eigenvalue weighted by molar-refractivity contribution is 5.71. The van der Waals surface area contributed by atoms with Gasteiger partial charge in [-0.1, -0.05) is 12.1 Å². The van der Waals surface area contributed by atoms with Gasteiger partial charge >= 0.3 is 5.97 Å². The average Bonchev–Trinajstić information content (AvgIpc) is 2.20. The molecule has 0 aromatic heterocycles. The lowest BCUT2D eigenvalue weighted by atomic mass is 10.1. The number of hydrogen-bond acceptors (Lipinski definition) is 3. The molecule has 0 fully saturated rings. The molecule has 0 atom stereocenters. The first-order valence-electron chi connectivity index (χ1n) is 4.99. The van der Waals surface area contributed by atoms with Crippen LogP contribution < -0.4 is 4.74 Å². The molecule has 15 heavy (non-hydrogen) atoms. The fourth-order valence-electron chi connectivity index (χ4n) is 1.20. The molecular formula is C12H16O3. The second kappa shape index (κ2) is 5.39. The average molecular weight is 208 g/mol. The van der Waals surface area contributed by atoms with Crippen LogP contribution in [0.2, 0.25) is 0 Å². The molecule has 1 rings (SSSR count). The zero-order valence-corrected chi connectivity index (χ0v) is 9.37. The number of benzene rings is 1. The third-order valence-corrected chi connectivity index (χ3v) is 1.99. The maximum atomic E-state index is 11.1. The Balaban J connectivity index is 2.57. The number of esters is 1. The predicted molar refractivity (Wildman–Crippen MR) is 58.0 cm³/mol. The van der Waals surface area contributed by atoms with Crippen molar-refractivity contribution in [2.75, 3.05) is 13.2 Å². The molecule has 0 aliphatic carbocycles. The summed E-state index contributed by atoms with van der Waals surface area (Å²) in [5, 5.41) is 0. The smallest absolute Gasteiger partial charge is 0.344 e. The van der Waals surface area contributed by atoms with Gasteiger partial charge in [0.05, 0.1) is 6.61 Å². The summed E-state index contributed by atoms with van der Waals surface area (Å²) in [6.45, 7) is 6.06. The van der Waals surface area contributed by atoms with E-state index in [1.807, 2.05) is 32.0 Å². The van der Waals surface area contributed by atoms with Crippen molar-refractivity contribution >= 4 is 5.97 Å². The summed E-state index contributed by atoms with van der Waals surface area (Å²) in [7, 11) is 0. The summed E-state index contributed by atoms with van der Waals surface area (Å²) in [5.74, 6) is 0.404. The highest BCUT2D eigenvalue weighted by Crippen LogP contribution is 2.18. The molecule has 0 radical (unpaired) electrons. The predicted octanol–water partition coefficient (Wildman–Crippen LogP) is 2.25. The summed E-state index contributed by atoms with van der Waals surface area (Å²) in [4.78, 5) is 11.1. The monoisotopic (exact) mass is 208 g/mol. The minimum absolute atomic E-state index is 0.0296. The maximum Gasteiger partial charge on any atom is 0.344 e. The zero-order chi connectivity index (χ0) is 11.3. The molecule has 0 amide bonds. The van der Waals surface area contributed by atoms with Gasteiger partial charge in [0.2, 0.25) is 0 Å². The Morgan fingerprint density at radius 3 is 2.73 bits per heavy atom. The van der Waals surface area contributed by atoms with Crippen molar-refractivity contribution in [3.05, 3.63) is 29.3 Å². The normalized spacial score (nSPS) is 9.80. The van der Waals surface area contributed by atoms with E-state index in [-0.39, 0.29) is 12.6 Å². The first kappa shape index (κ1) is 11.6. The van der Waals surface area contributed by atoms with Crippen LogP contribution in [0.1, 0.15) is 18.1 Å². The number of carbonyl (C=O) groups is 1. The van der Waals surface area contributed by atoms with Crippen LogP contribution in [0.25, 0.3) is 0 Å². The fraction of sp³-hybridized carbons (Fsp3) is 0.417. The number of rotatable bonds is 4. The van der Waals surface area contributed by atoms with Crippen molar-refractivity contribution in [2.45, 2.75) is 20.8 Å². The van der Waals surface area contributed by atoms with Crippen LogP contribution in [0.5, 0.6) is 5.75 Å². The van der Waals surface area contributed by atoms with Crippen LogP contribution in [0.15, 0.2) is 18.2 Å². The number of hydrogen-bond donors (Lipinski definition) is 0. The van der Waals surface area contributed by atoms with Crippen molar-refractivity contribution in [3.63, 3.8) is 0 Å². The zero-order valence-electron chi connectivity index (χ0n) is 9.37. The van der Waals surface area contributed by atoms with Crippen LogP contribution in [-0.4, -0.2) is 19.2 Å². The minimum atomic E-state index is -0.335. The molecule has 3 heteroatoms. The van der Waals surface area contributed by atoms with E-state index in [0.29, 0.717) is 6.61 Å². The Morgan fingerprint density at radius 1 is 1.33 bits per heavy atom. The summed E-state index contributed by atoms with van der Waals surface area (Å²) < 4.78 is 10.1. The lowest BCUT2D eigenvalue weighted by molar-refractivity contribution is -0.145. The molecule has 0 bridgehead atoms. The van der Waals surface area contributed by atoms with Gasteiger partial charge in [-0.05, 0) is 38.0 Å². The number of ether oxygens (including phenoxy) is 2. The van der Waals surface area contributed by atoms with E-state index in [2.05, 4.69) is 0 Å². The molecule has 3 nitrogen and oxygen atoms in total. The topological polar surface area (TPSA) is 35.5 Å². The molecule has 0 saturated heterocycles. The standard InChI is InChI=1S/C12H16O3/c1-4-14-12(13)8-15-11-7-9(2)5-6-10(11)3/h5-7H,4,8H2,1-3H3. The molecule has 0 heterocycles. The molecular weight excluding hydrogens is 192 g/mol. The van der Waals surface area contributed by atoms with Gasteiger partial charge in [0.25, 0.3) is 0 Å². The maximum absolute atomic E-state index is 11.1. The van der Waals surface area contributed by atoms with Crippen LogP contribution in [0.3, 0.4) is 0 Å². The molecule has 0 spiro atoms. The quantitative estimate of drug-likeness (QED) is 0.712. The van der Waals surface area contributed by atoms with Gasteiger partial charge in [-0.3, -0.25) is 0 Å². The van der Waals surface area contributed by atoms with Crippen LogP contribution in [0.4, 0.5) is 0 Å². The van der Waals surface area contributed by atoms with E-state index in [9.17, 15) is 4.79 Å². The molecule has 0 aliphatic heterocycles. The van der Waals surface area contributed by atoms with Gasteiger partial charge in [0.1, 0.15) is 5.75 Å². The highest BCUT2D eigenvalue weighted by Gasteiger charge is 2.05. The lowest BCUT2D eigenvalue weighted by Crippen LogP contribution is -2.14. The Hall–Kier alpha value is -1.51. The second-order valence-electron chi connectivity index (χ2n) is 3.36. The summed E-state index contributed by atoms with van der Waals surface area (Å²) in [5.41, 5.74) is 2.13. The van der Waals surface area contributed by atoms with E-state index in [4.69, 9.17) is 9.47 Å². The van der Waals surface area contributed by atoms with Crippen molar-refractivity contribution in [1.29, 1.82) is 0 Å². The molecule has 0 N–H and O–H groups in total. The van der Waals surface area contributed by atoms with Crippen molar-refractivity contribution < 1.29 is 14.3 Å². The summed E-state index contributed by atoms with van der Waals surface area (Å²) >= 11 is 0. The first-order chi connectivity index (χ1) is 7.13. The molecule has 1 aromatic rings. The van der Waals surface area contributed by atoms with E-state index >= 15 is 0 Å². The summed E-state index contributed by atoms with van der Waals surface area (Å²) in [6, 6.07) is 5.89. The minimum Gasteiger partial charge on any atom is -0.482 e. The van der Waals surface area contributed by atoms with Gasteiger partial charge in [-0.25, -0.2) is 4.79 Å². The number of aryl methyl sites for hydroxylation is 2. The molecule has 82 valence electrons.